The molecule has 2 heterocycles. The predicted octanol–water partition coefficient (Wildman–Crippen LogP) is 4.27. The number of rotatable bonds is 4. The molecule has 2 rings (SSSR count). The van der Waals surface area contributed by atoms with Crippen LogP contribution >= 0.6 is 43.2 Å². The Morgan fingerprint density at radius 1 is 1.35 bits per heavy atom. The zero-order chi connectivity index (χ0) is 12.3. The lowest BCUT2D eigenvalue weighted by molar-refractivity contribution is 0.683. The van der Waals surface area contributed by atoms with Crippen LogP contribution in [0.2, 0.25) is 0 Å². The van der Waals surface area contributed by atoms with E-state index in [1.807, 2.05) is 12.3 Å². The number of hydrogen-bond donors (Lipinski definition) is 1. The van der Waals surface area contributed by atoms with E-state index in [2.05, 4.69) is 61.2 Å². The first-order valence-corrected chi connectivity index (χ1v) is 7.62. The van der Waals surface area contributed by atoms with Crippen LogP contribution in [-0.2, 0) is 13.1 Å². The zero-order valence-electron chi connectivity index (χ0n) is 9.34. The lowest BCUT2D eigenvalue weighted by atomic mass is 10.2. The third-order valence-corrected chi connectivity index (χ3v) is 5.66. The Hall–Kier alpha value is -0.230. The van der Waals surface area contributed by atoms with Crippen LogP contribution in [0.5, 0.6) is 0 Å². The van der Waals surface area contributed by atoms with Gasteiger partial charge in [0.1, 0.15) is 0 Å². The molecule has 2 aromatic rings. The molecule has 0 unspecified atom stereocenters. The lowest BCUT2D eigenvalue weighted by Gasteiger charge is -2.05. The smallest absolute Gasteiger partial charge is 0.0843 e. The van der Waals surface area contributed by atoms with Gasteiger partial charge in [0, 0.05) is 28.6 Å². The molecule has 0 saturated carbocycles. The summed E-state index contributed by atoms with van der Waals surface area (Å²) >= 11 is 8.72. The molecule has 17 heavy (non-hydrogen) atoms. The molecule has 1 N–H and O–H groups in total. The Morgan fingerprint density at radius 2 is 2.18 bits per heavy atom. The Labute approximate surface area is 122 Å². The molecule has 90 valence electrons. The minimum atomic E-state index is 0.805. The fourth-order valence-corrected chi connectivity index (χ4v) is 3.63. The summed E-state index contributed by atoms with van der Waals surface area (Å²) in [4.78, 5) is 5.66. The van der Waals surface area contributed by atoms with Crippen molar-refractivity contribution in [3.05, 3.63) is 48.8 Å². The second-order valence-corrected chi connectivity index (χ2v) is 7.01. The predicted molar refractivity (Wildman–Crippen MR) is 79.2 cm³/mol. The first kappa shape index (κ1) is 13.2. The molecule has 0 radical (unpaired) electrons. The van der Waals surface area contributed by atoms with Gasteiger partial charge in [0.05, 0.1) is 9.48 Å². The third-order valence-electron chi connectivity index (χ3n) is 2.41. The van der Waals surface area contributed by atoms with Gasteiger partial charge in [-0.3, -0.25) is 4.98 Å². The summed E-state index contributed by atoms with van der Waals surface area (Å²) in [5, 5.41) is 3.41. The standard InChI is InChI=1S/C12H12Br2N2S/c1-8-3-2-4-16-11(8)7-15-6-9-5-10(13)12(14)17-9/h2-5,15H,6-7H2,1H3. The molecule has 0 aliphatic heterocycles. The Balaban J connectivity index is 1.90. The van der Waals surface area contributed by atoms with Crippen LogP contribution in [0, 0.1) is 6.92 Å². The van der Waals surface area contributed by atoms with Gasteiger partial charge in [0.25, 0.3) is 0 Å². The molecule has 0 aliphatic rings. The Kier molecular flexibility index (Phi) is 4.73. The molecule has 0 bridgehead atoms. The van der Waals surface area contributed by atoms with Crippen molar-refractivity contribution in [3.8, 4) is 0 Å². The number of hydrogen-bond acceptors (Lipinski definition) is 3. The van der Waals surface area contributed by atoms with Gasteiger partial charge in [-0.2, -0.15) is 0 Å². The Bertz CT molecular complexity index is 491. The van der Waals surface area contributed by atoms with Crippen molar-refractivity contribution in [3.63, 3.8) is 0 Å². The summed E-state index contributed by atoms with van der Waals surface area (Å²) in [5.41, 5.74) is 2.34. The van der Waals surface area contributed by atoms with Crippen molar-refractivity contribution in [2.75, 3.05) is 0 Å². The molecule has 0 spiro atoms. The number of pyridine rings is 1. The summed E-state index contributed by atoms with van der Waals surface area (Å²) in [6.07, 6.45) is 1.84. The fourth-order valence-electron chi connectivity index (χ4n) is 1.49. The van der Waals surface area contributed by atoms with E-state index < -0.39 is 0 Å². The maximum atomic E-state index is 4.35. The first-order chi connectivity index (χ1) is 8.16. The van der Waals surface area contributed by atoms with Gasteiger partial charge in [-0.05, 0) is 56.5 Å². The van der Waals surface area contributed by atoms with Crippen LogP contribution in [-0.4, -0.2) is 4.98 Å². The van der Waals surface area contributed by atoms with Crippen molar-refractivity contribution < 1.29 is 0 Å². The van der Waals surface area contributed by atoms with E-state index in [0.29, 0.717) is 0 Å². The van der Waals surface area contributed by atoms with Crippen molar-refractivity contribution in [2.45, 2.75) is 20.0 Å². The summed E-state index contributed by atoms with van der Waals surface area (Å²) in [5.74, 6) is 0. The van der Waals surface area contributed by atoms with Crippen LogP contribution in [0.3, 0.4) is 0 Å². The summed E-state index contributed by atoms with van der Waals surface area (Å²) in [6.45, 7) is 3.76. The number of aromatic nitrogens is 1. The van der Waals surface area contributed by atoms with Crippen molar-refractivity contribution in [1.29, 1.82) is 0 Å². The molecular formula is C12H12Br2N2S. The van der Waals surface area contributed by atoms with Gasteiger partial charge in [-0.1, -0.05) is 6.07 Å². The van der Waals surface area contributed by atoms with Gasteiger partial charge >= 0.3 is 0 Å². The molecule has 0 saturated heterocycles. The normalized spacial score (nSPS) is 10.8. The molecule has 0 aromatic carbocycles. The Morgan fingerprint density at radius 3 is 2.82 bits per heavy atom. The number of nitrogens with one attached hydrogen (secondary N) is 1. The molecule has 0 aliphatic carbocycles. The molecule has 0 atom stereocenters. The topological polar surface area (TPSA) is 24.9 Å². The van der Waals surface area contributed by atoms with Gasteiger partial charge in [-0.25, -0.2) is 0 Å². The van der Waals surface area contributed by atoms with Crippen molar-refractivity contribution in [1.82, 2.24) is 10.3 Å². The van der Waals surface area contributed by atoms with E-state index in [4.69, 9.17) is 0 Å². The highest BCUT2D eigenvalue weighted by Gasteiger charge is 2.04. The average molecular weight is 376 g/mol. The van der Waals surface area contributed by atoms with Crippen LogP contribution in [0.4, 0.5) is 0 Å². The first-order valence-electron chi connectivity index (χ1n) is 5.21. The highest BCUT2D eigenvalue weighted by atomic mass is 79.9. The van der Waals surface area contributed by atoms with Crippen LogP contribution in [0.15, 0.2) is 32.7 Å². The molecule has 0 amide bonds. The van der Waals surface area contributed by atoms with Crippen LogP contribution in [0.1, 0.15) is 16.1 Å². The SMILES string of the molecule is Cc1cccnc1CNCc1cc(Br)c(Br)s1. The number of nitrogens with zero attached hydrogens (tertiary/aromatic N) is 1. The average Bonchev–Trinajstić information content (AvgIpc) is 2.61. The number of aryl methyl sites for hydroxylation is 1. The van der Waals surface area contributed by atoms with Crippen molar-refractivity contribution >= 4 is 43.2 Å². The fraction of sp³-hybridized carbons (Fsp3) is 0.250. The van der Waals surface area contributed by atoms with Gasteiger partial charge < -0.3 is 5.32 Å². The van der Waals surface area contributed by atoms with Crippen molar-refractivity contribution in [2.24, 2.45) is 0 Å². The maximum absolute atomic E-state index is 4.35. The highest BCUT2D eigenvalue weighted by molar-refractivity contribution is 9.13. The van der Waals surface area contributed by atoms with E-state index in [0.717, 1.165) is 27.0 Å². The summed E-state index contributed by atoms with van der Waals surface area (Å²) in [6, 6.07) is 6.18. The van der Waals surface area contributed by atoms with E-state index in [1.54, 1.807) is 11.3 Å². The zero-order valence-corrected chi connectivity index (χ0v) is 13.3. The minimum Gasteiger partial charge on any atom is -0.306 e. The van der Waals surface area contributed by atoms with Gasteiger partial charge in [-0.15, -0.1) is 11.3 Å². The molecular weight excluding hydrogens is 364 g/mol. The number of halogens is 2. The van der Waals surface area contributed by atoms with Gasteiger partial charge in [0.2, 0.25) is 0 Å². The highest BCUT2D eigenvalue weighted by Crippen LogP contribution is 2.32. The second-order valence-electron chi connectivity index (χ2n) is 3.70. The van der Waals surface area contributed by atoms with E-state index >= 15 is 0 Å². The largest absolute Gasteiger partial charge is 0.306 e. The van der Waals surface area contributed by atoms with E-state index in [1.165, 1.54) is 10.4 Å². The molecule has 0 fully saturated rings. The lowest BCUT2D eigenvalue weighted by Crippen LogP contribution is -2.13. The second kappa shape index (κ2) is 6.09. The van der Waals surface area contributed by atoms with Crippen LogP contribution < -0.4 is 5.32 Å². The monoisotopic (exact) mass is 374 g/mol. The summed E-state index contributed by atoms with van der Waals surface area (Å²) in [7, 11) is 0. The quantitative estimate of drug-likeness (QED) is 0.863. The molecule has 5 heteroatoms. The summed E-state index contributed by atoms with van der Waals surface area (Å²) < 4.78 is 2.26. The minimum absolute atomic E-state index is 0.805. The maximum Gasteiger partial charge on any atom is 0.0843 e. The van der Waals surface area contributed by atoms with Crippen LogP contribution in [0.25, 0.3) is 0 Å². The number of thiophene rings is 1. The van der Waals surface area contributed by atoms with Gasteiger partial charge in [0.15, 0.2) is 0 Å². The van der Waals surface area contributed by atoms with E-state index in [9.17, 15) is 0 Å². The molecule has 2 nitrogen and oxygen atoms in total. The van der Waals surface area contributed by atoms with E-state index in [-0.39, 0.29) is 0 Å². The third kappa shape index (κ3) is 3.61. The molecule has 2 aromatic heterocycles.